The van der Waals surface area contributed by atoms with E-state index in [1.165, 1.54) is 0 Å². The first-order chi connectivity index (χ1) is 6.25. The lowest BCUT2D eigenvalue weighted by Crippen LogP contribution is -1.83. The summed E-state index contributed by atoms with van der Waals surface area (Å²) in [6.45, 7) is 1.97. The van der Waals surface area contributed by atoms with Gasteiger partial charge in [0.2, 0.25) is 0 Å². The number of aromatic nitrogens is 3. The summed E-state index contributed by atoms with van der Waals surface area (Å²) in [5.41, 5.74) is 0.888. The fourth-order valence-electron chi connectivity index (χ4n) is 0.961. The normalized spacial score (nSPS) is 10.2. The fraction of sp³-hybridized carbons (Fsp3) is 0.125. The predicted octanol–water partition coefficient (Wildman–Crippen LogP) is 2.57. The zero-order valence-electron chi connectivity index (χ0n) is 6.94. The maximum absolute atomic E-state index is 4.90. The molecule has 0 amide bonds. The molecule has 2 aromatic heterocycles. The number of H-pyrrole nitrogens is 1. The summed E-state index contributed by atoms with van der Waals surface area (Å²) in [5.74, 6) is 0. The SMILES string of the molecule is Cc1ncc(-c2ccc(=S)[nH]n2)s1. The first-order valence-corrected chi connectivity index (χ1v) is 4.97. The van der Waals surface area contributed by atoms with Gasteiger partial charge in [-0.2, -0.15) is 5.10 Å². The van der Waals surface area contributed by atoms with Crippen LogP contribution < -0.4 is 0 Å². The highest BCUT2D eigenvalue weighted by molar-refractivity contribution is 7.71. The van der Waals surface area contributed by atoms with E-state index in [0.717, 1.165) is 15.6 Å². The quantitative estimate of drug-likeness (QED) is 0.734. The molecule has 5 heteroatoms. The van der Waals surface area contributed by atoms with Crippen LogP contribution in [0.2, 0.25) is 0 Å². The Morgan fingerprint density at radius 3 is 2.85 bits per heavy atom. The van der Waals surface area contributed by atoms with Gasteiger partial charge in [0.15, 0.2) is 0 Å². The van der Waals surface area contributed by atoms with Crippen LogP contribution in [0.15, 0.2) is 18.3 Å². The van der Waals surface area contributed by atoms with Crippen molar-refractivity contribution in [2.45, 2.75) is 6.92 Å². The van der Waals surface area contributed by atoms with Gasteiger partial charge in [0.1, 0.15) is 10.3 Å². The van der Waals surface area contributed by atoms with Crippen LogP contribution in [0.25, 0.3) is 10.6 Å². The average Bonchev–Trinajstić information content (AvgIpc) is 2.53. The molecule has 0 saturated heterocycles. The summed E-state index contributed by atoms with van der Waals surface area (Å²) >= 11 is 6.52. The van der Waals surface area contributed by atoms with E-state index < -0.39 is 0 Å². The second-order valence-electron chi connectivity index (χ2n) is 2.55. The van der Waals surface area contributed by atoms with Gasteiger partial charge in [-0.3, -0.25) is 5.10 Å². The molecule has 0 aliphatic carbocycles. The van der Waals surface area contributed by atoms with E-state index in [2.05, 4.69) is 15.2 Å². The highest BCUT2D eigenvalue weighted by Crippen LogP contribution is 2.22. The summed E-state index contributed by atoms with van der Waals surface area (Å²) < 4.78 is 0.644. The number of hydrogen-bond acceptors (Lipinski definition) is 4. The minimum atomic E-state index is 0.644. The molecule has 1 N–H and O–H groups in total. The number of rotatable bonds is 1. The minimum Gasteiger partial charge on any atom is -0.267 e. The standard InChI is InChI=1S/C8H7N3S2/c1-5-9-4-7(13-5)6-2-3-8(12)11-10-6/h2-4H,1H3,(H,11,12). The van der Waals surface area contributed by atoms with E-state index in [-0.39, 0.29) is 0 Å². The van der Waals surface area contributed by atoms with Gasteiger partial charge in [0, 0.05) is 6.20 Å². The molecule has 13 heavy (non-hydrogen) atoms. The minimum absolute atomic E-state index is 0.644. The maximum atomic E-state index is 4.90. The van der Waals surface area contributed by atoms with Crippen molar-refractivity contribution in [1.82, 2.24) is 15.2 Å². The number of aromatic amines is 1. The smallest absolute Gasteiger partial charge is 0.119 e. The van der Waals surface area contributed by atoms with Crippen LogP contribution in [0.3, 0.4) is 0 Å². The molecular weight excluding hydrogens is 202 g/mol. The van der Waals surface area contributed by atoms with E-state index >= 15 is 0 Å². The van der Waals surface area contributed by atoms with Crippen molar-refractivity contribution in [3.8, 4) is 10.6 Å². The van der Waals surface area contributed by atoms with Gasteiger partial charge in [-0.05, 0) is 19.1 Å². The van der Waals surface area contributed by atoms with Gasteiger partial charge in [0.25, 0.3) is 0 Å². The summed E-state index contributed by atoms with van der Waals surface area (Å²) in [5, 5.41) is 7.90. The van der Waals surface area contributed by atoms with Gasteiger partial charge in [-0.15, -0.1) is 11.3 Å². The fourth-order valence-corrected chi connectivity index (χ4v) is 1.82. The first-order valence-electron chi connectivity index (χ1n) is 3.74. The molecule has 0 bridgehead atoms. The van der Waals surface area contributed by atoms with Crippen molar-refractivity contribution >= 4 is 23.6 Å². The van der Waals surface area contributed by atoms with Crippen LogP contribution in [0, 0.1) is 11.6 Å². The molecule has 0 atom stereocenters. The van der Waals surface area contributed by atoms with Crippen molar-refractivity contribution in [1.29, 1.82) is 0 Å². The molecule has 0 aliphatic heterocycles. The Morgan fingerprint density at radius 1 is 1.46 bits per heavy atom. The van der Waals surface area contributed by atoms with Crippen LogP contribution >= 0.6 is 23.6 Å². The molecule has 2 aromatic rings. The lowest BCUT2D eigenvalue weighted by Gasteiger charge is -1.92. The summed E-state index contributed by atoms with van der Waals surface area (Å²) in [7, 11) is 0. The lowest BCUT2D eigenvalue weighted by molar-refractivity contribution is 1.02. The molecule has 0 saturated carbocycles. The van der Waals surface area contributed by atoms with E-state index in [9.17, 15) is 0 Å². The Hall–Kier alpha value is -1.07. The summed E-state index contributed by atoms with van der Waals surface area (Å²) in [4.78, 5) is 5.21. The van der Waals surface area contributed by atoms with Crippen LogP contribution in [-0.4, -0.2) is 15.2 Å². The monoisotopic (exact) mass is 209 g/mol. The van der Waals surface area contributed by atoms with Crippen LogP contribution in [0.5, 0.6) is 0 Å². The number of thiazole rings is 1. The van der Waals surface area contributed by atoms with Crippen LogP contribution in [0.4, 0.5) is 0 Å². The second kappa shape index (κ2) is 3.35. The van der Waals surface area contributed by atoms with Gasteiger partial charge in [-0.25, -0.2) is 4.98 Å². The third-order valence-corrected chi connectivity index (χ3v) is 2.72. The molecule has 0 unspecified atom stereocenters. The molecule has 2 rings (SSSR count). The third-order valence-electron chi connectivity index (χ3n) is 1.55. The maximum Gasteiger partial charge on any atom is 0.119 e. The van der Waals surface area contributed by atoms with Crippen molar-refractivity contribution in [2.75, 3.05) is 0 Å². The Bertz CT molecular complexity index is 452. The molecule has 0 aliphatic rings. The van der Waals surface area contributed by atoms with E-state index in [4.69, 9.17) is 12.2 Å². The Balaban J connectivity index is 2.47. The van der Waals surface area contributed by atoms with Crippen molar-refractivity contribution < 1.29 is 0 Å². The molecule has 0 spiro atoms. The highest BCUT2D eigenvalue weighted by atomic mass is 32.1. The number of hydrogen-bond donors (Lipinski definition) is 1. The predicted molar refractivity (Wildman–Crippen MR) is 55.3 cm³/mol. The molecule has 0 radical (unpaired) electrons. The molecule has 66 valence electrons. The van der Waals surface area contributed by atoms with E-state index in [1.54, 1.807) is 11.3 Å². The van der Waals surface area contributed by atoms with Crippen LogP contribution in [-0.2, 0) is 0 Å². The molecule has 2 heterocycles. The number of aryl methyl sites for hydroxylation is 1. The van der Waals surface area contributed by atoms with Gasteiger partial charge in [-0.1, -0.05) is 12.2 Å². The number of nitrogens with zero attached hydrogens (tertiary/aromatic N) is 2. The molecular formula is C8H7N3S2. The summed E-state index contributed by atoms with van der Waals surface area (Å²) in [6.07, 6.45) is 1.82. The lowest BCUT2D eigenvalue weighted by atomic mass is 10.3. The average molecular weight is 209 g/mol. The Morgan fingerprint density at radius 2 is 2.31 bits per heavy atom. The largest absolute Gasteiger partial charge is 0.267 e. The third kappa shape index (κ3) is 1.81. The van der Waals surface area contributed by atoms with E-state index in [0.29, 0.717) is 4.64 Å². The van der Waals surface area contributed by atoms with Gasteiger partial charge >= 0.3 is 0 Å². The van der Waals surface area contributed by atoms with Crippen molar-refractivity contribution in [3.63, 3.8) is 0 Å². The van der Waals surface area contributed by atoms with Gasteiger partial charge < -0.3 is 0 Å². The first kappa shape index (κ1) is 8.52. The summed E-state index contributed by atoms with van der Waals surface area (Å²) in [6, 6.07) is 3.72. The number of nitrogens with one attached hydrogen (secondary N) is 1. The van der Waals surface area contributed by atoms with E-state index in [1.807, 2.05) is 25.3 Å². The van der Waals surface area contributed by atoms with Crippen molar-refractivity contribution in [3.05, 3.63) is 28.0 Å². The molecule has 0 fully saturated rings. The molecule has 3 nitrogen and oxygen atoms in total. The molecule has 0 aromatic carbocycles. The zero-order chi connectivity index (χ0) is 9.26. The highest BCUT2D eigenvalue weighted by Gasteiger charge is 2.01. The van der Waals surface area contributed by atoms with Crippen molar-refractivity contribution in [2.24, 2.45) is 0 Å². The zero-order valence-corrected chi connectivity index (χ0v) is 8.58. The Kier molecular flexibility index (Phi) is 2.20. The topological polar surface area (TPSA) is 41.6 Å². The van der Waals surface area contributed by atoms with Crippen LogP contribution in [0.1, 0.15) is 5.01 Å². The van der Waals surface area contributed by atoms with Gasteiger partial charge in [0.05, 0.1) is 9.88 Å². The Labute approximate surface area is 84.5 Å². The second-order valence-corrected chi connectivity index (χ2v) is 4.22.